The van der Waals surface area contributed by atoms with Gasteiger partial charge in [-0.1, -0.05) is 42.1 Å². The molecule has 3 rings (SSSR count). The fraction of sp³-hybridized carbons (Fsp3) is 0.250. The van der Waals surface area contributed by atoms with Crippen LogP contribution in [0.2, 0.25) is 0 Å². The Hall–Kier alpha value is -3.00. The van der Waals surface area contributed by atoms with Gasteiger partial charge < -0.3 is 19.4 Å². The summed E-state index contributed by atoms with van der Waals surface area (Å²) in [5.74, 6) is 2.60. The lowest BCUT2D eigenvalue weighted by atomic mass is 10.3. The summed E-state index contributed by atoms with van der Waals surface area (Å²) in [6, 6.07) is 16.9. The van der Waals surface area contributed by atoms with E-state index in [0.29, 0.717) is 29.7 Å². The van der Waals surface area contributed by atoms with Crippen molar-refractivity contribution < 1.29 is 14.3 Å². The van der Waals surface area contributed by atoms with E-state index >= 15 is 0 Å². The SMILES string of the molecule is COc1ccccc1OCCSc1nnc(CC(=O)Nc2ccccc2)n1C. The van der Waals surface area contributed by atoms with E-state index in [1.165, 1.54) is 11.8 Å². The molecule has 0 saturated carbocycles. The van der Waals surface area contributed by atoms with Gasteiger partial charge in [-0.15, -0.1) is 10.2 Å². The molecule has 0 aliphatic carbocycles. The van der Waals surface area contributed by atoms with E-state index in [9.17, 15) is 4.79 Å². The molecule has 0 aliphatic heterocycles. The molecular formula is C20H22N4O3S. The Morgan fingerprint density at radius 2 is 1.79 bits per heavy atom. The number of anilines is 1. The predicted molar refractivity (Wildman–Crippen MR) is 109 cm³/mol. The number of nitrogens with zero attached hydrogens (tertiary/aromatic N) is 3. The van der Waals surface area contributed by atoms with Gasteiger partial charge in [0.2, 0.25) is 5.91 Å². The van der Waals surface area contributed by atoms with Crippen molar-refractivity contribution in [3.8, 4) is 11.5 Å². The number of para-hydroxylation sites is 3. The second-order valence-corrected chi connectivity index (χ2v) is 6.96. The molecule has 3 aromatic rings. The molecule has 1 aromatic heterocycles. The van der Waals surface area contributed by atoms with Crippen molar-refractivity contribution in [1.29, 1.82) is 0 Å². The third-order valence-electron chi connectivity index (χ3n) is 3.94. The summed E-state index contributed by atoms with van der Waals surface area (Å²) in [5, 5.41) is 11.9. The fourth-order valence-corrected chi connectivity index (χ4v) is 3.26. The van der Waals surface area contributed by atoms with Gasteiger partial charge in [-0.05, 0) is 24.3 Å². The highest BCUT2D eigenvalue weighted by Gasteiger charge is 2.13. The topological polar surface area (TPSA) is 78.3 Å². The van der Waals surface area contributed by atoms with E-state index in [1.807, 2.05) is 66.2 Å². The maximum Gasteiger partial charge on any atom is 0.232 e. The Labute approximate surface area is 168 Å². The number of benzene rings is 2. The summed E-state index contributed by atoms with van der Waals surface area (Å²) in [6.45, 7) is 0.502. The van der Waals surface area contributed by atoms with Gasteiger partial charge in [-0.2, -0.15) is 0 Å². The highest BCUT2D eigenvalue weighted by Crippen LogP contribution is 2.26. The molecule has 8 heteroatoms. The average Bonchev–Trinajstić information content (AvgIpc) is 3.05. The molecule has 28 heavy (non-hydrogen) atoms. The van der Waals surface area contributed by atoms with Crippen LogP contribution >= 0.6 is 11.8 Å². The summed E-state index contributed by atoms with van der Waals surface area (Å²) < 4.78 is 12.9. The van der Waals surface area contributed by atoms with Gasteiger partial charge in [-0.3, -0.25) is 4.79 Å². The summed E-state index contributed by atoms with van der Waals surface area (Å²) in [7, 11) is 3.47. The minimum Gasteiger partial charge on any atom is -0.493 e. The van der Waals surface area contributed by atoms with Gasteiger partial charge in [0.1, 0.15) is 5.82 Å². The number of amides is 1. The van der Waals surface area contributed by atoms with E-state index in [-0.39, 0.29) is 12.3 Å². The van der Waals surface area contributed by atoms with Gasteiger partial charge in [0.15, 0.2) is 16.7 Å². The van der Waals surface area contributed by atoms with Gasteiger partial charge in [0.25, 0.3) is 0 Å². The first-order valence-electron chi connectivity index (χ1n) is 8.79. The summed E-state index contributed by atoms with van der Waals surface area (Å²) >= 11 is 1.52. The Kier molecular flexibility index (Phi) is 6.91. The number of ether oxygens (including phenoxy) is 2. The van der Waals surface area contributed by atoms with Crippen LogP contribution in [0.15, 0.2) is 59.8 Å². The predicted octanol–water partition coefficient (Wildman–Crippen LogP) is 3.18. The molecule has 1 heterocycles. The van der Waals surface area contributed by atoms with Crippen molar-refractivity contribution in [2.75, 3.05) is 24.8 Å². The maximum absolute atomic E-state index is 12.2. The van der Waals surface area contributed by atoms with Crippen LogP contribution in [-0.4, -0.2) is 40.1 Å². The number of hydrogen-bond donors (Lipinski definition) is 1. The smallest absolute Gasteiger partial charge is 0.232 e. The quantitative estimate of drug-likeness (QED) is 0.441. The van der Waals surface area contributed by atoms with Crippen molar-refractivity contribution in [3.05, 3.63) is 60.4 Å². The van der Waals surface area contributed by atoms with E-state index < -0.39 is 0 Å². The van der Waals surface area contributed by atoms with Crippen LogP contribution in [-0.2, 0) is 18.3 Å². The molecule has 2 aromatic carbocycles. The molecule has 146 valence electrons. The largest absolute Gasteiger partial charge is 0.493 e. The van der Waals surface area contributed by atoms with Crippen LogP contribution in [0.3, 0.4) is 0 Å². The summed E-state index contributed by atoms with van der Waals surface area (Å²) in [6.07, 6.45) is 0.163. The second-order valence-electron chi connectivity index (χ2n) is 5.90. The number of carbonyl (C=O) groups excluding carboxylic acids is 1. The molecule has 0 aliphatic rings. The summed E-state index contributed by atoms with van der Waals surface area (Å²) in [4.78, 5) is 12.2. The summed E-state index contributed by atoms with van der Waals surface area (Å²) in [5.41, 5.74) is 0.762. The number of nitrogens with one attached hydrogen (secondary N) is 1. The highest BCUT2D eigenvalue weighted by molar-refractivity contribution is 7.99. The molecule has 0 spiro atoms. The minimum absolute atomic E-state index is 0.127. The second kappa shape index (κ2) is 9.80. The fourth-order valence-electron chi connectivity index (χ4n) is 2.52. The third-order valence-corrected chi connectivity index (χ3v) is 4.93. The molecule has 0 unspecified atom stereocenters. The van der Waals surface area contributed by atoms with Gasteiger partial charge in [-0.25, -0.2) is 0 Å². The molecule has 0 fully saturated rings. The zero-order chi connectivity index (χ0) is 19.8. The van der Waals surface area contributed by atoms with Crippen molar-refractivity contribution in [2.24, 2.45) is 7.05 Å². The standard InChI is InChI=1S/C20H22N4O3S/c1-24-18(14-19(25)21-15-8-4-3-5-9-15)22-23-20(24)28-13-12-27-17-11-7-6-10-16(17)26-2/h3-11H,12-14H2,1-2H3,(H,21,25). The lowest BCUT2D eigenvalue weighted by Crippen LogP contribution is -2.17. The first-order valence-corrected chi connectivity index (χ1v) is 9.77. The lowest BCUT2D eigenvalue weighted by Gasteiger charge is -2.10. The Morgan fingerprint density at radius 3 is 2.54 bits per heavy atom. The van der Waals surface area contributed by atoms with Crippen molar-refractivity contribution in [1.82, 2.24) is 14.8 Å². The van der Waals surface area contributed by atoms with Gasteiger partial charge >= 0.3 is 0 Å². The minimum atomic E-state index is -0.127. The van der Waals surface area contributed by atoms with E-state index in [4.69, 9.17) is 9.47 Å². The van der Waals surface area contributed by atoms with Gasteiger partial charge in [0, 0.05) is 18.5 Å². The van der Waals surface area contributed by atoms with Crippen molar-refractivity contribution in [2.45, 2.75) is 11.6 Å². The van der Waals surface area contributed by atoms with E-state index in [2.05, 4.69) is 15.5 Å². The number of carbonyl (C=O) groups is 1. The first-order chi connectivity index (χ1) is 13.7. The Bertz CT molecular complexity index is 915. The van der Waals surface area contributed by atoms with Crippen LogP contribution in [0.25, 0.3) is 0 Å². The van der Waals surface area contributed by atoms with E-state index in [0.717, 1.165) is 10.8 Å². The molecule has 1 N–H and O–H groups in total. The molecule has 0 bridgehead atoms. The Morgan fingerprint density at radius 1 is 1.07 bits per heavy atom. The third kappa shape index (κ3) is 5.26. The molecular weight excluding hydrogens is 376 g/mol. The Balaban J connectivity index is 1.48. The zero-order valence-corrected chi connectivity index (χ0v) is 16.6. The van der Waals surface area contributed by atoms with Crippen molar-refractivity contribution >= 4 is 23.4 Å². The normalized spacial score (nSPS) is 10.5. The van der Waals surface area contributed by atoms with Crippen LogP contribution in [0, 0.1) is 0 Å². The maximum atomic E-state index is 12.2. The van der Waals surface area contributed by atoms with Gasteiger partial charge in [0.05, 0.1) is 20.1 Å². The number of hydrogen-bond acceptors (Lipinski definition) is 6. The van der Waals surface area contributed by atoms with Crippen LogP contribution < -0.4 is 14.8 Å². The van der Waals surface area contributed by atoms with E-state index in [1.54, 1.807) is 7.11 Å². The molecule has 7 nitrogen and oxygen atoms in total. The lowest BCUT2D eigenvalue weighted by molar-refractivity contribution is -0.115. The number of aromatic nitrogens is 3. The number of methoxy groups -OCH3 is 1. The molecule has 0 radical (unpaired) electrons. The number of rotatable bonds is 9. The molecule has 0 saturated heterocycles. The molecule has 1 amide bonds. The monoisotopic (exact) mass is 398 g/mol. The highest BCUT2D eigenvalue weighted by atomic mass is 32.2. The van der Waals surface area contributed by atoms with Crippen molar-refractivity contribution in [3.63, 3.8) is 0 Å². The number of thioether (sulfide) groups is 1. The van der Waals surface area contributed by atoms with Crippen LogP contribution in [0.4, 0.5) is 5.69 Å². The first kappa shape index (κ1) is 19.8. The van der Waals surface area contributed by atoms with Crippen LogP contribution in [0.5, 0.6) is 11.5 Å². The molecule has 0 atom stereocenters. The average molecular weight is 398 g/mol. The zero-order valence-electron chi connectivity index (χ0n) is 15.8. The van der Waals surface area contributed by atoms with Crippen LogP contribution in [0.1, 0.15) is 5.82 Å².